The van der Waals surface area contributed by atoms with Crippen molar-refractivity contribution >= 4 is 33.4 Å². The van der Waals surface area contributed by atoms with Gasteiger partial charge in [-0.15, -0.1) is 0 Å². The molecule has 1 aromatic carbocycles. The number of anilines is 3. The first kappa shape index (κ1) is 13.8. The molecule has 0 saturated carbocycles. The second-order valence-electron chi connectivity index (χ2n) is 4.29. The Labute approximate surface area is 121 Å². The van der Waals surface area contributed by atoms with Crippen LogP contribution in [0.15, 0.2) is 28.7 Å². The van der Waals surface area contributed by atoms with Crippen molar-refractivity contribution in [2.45, 2.75) is 20.8 Å². The monoisotopic (exact) mass is 320 g/mol. The van der Waals surface area contributed by atoms with Gasteiger partial charge >= 0.3 is 0 Å². The van der Waals surface area contributed by atoms with E-state index in [1.54, 1.807) is 0 Å². The van der Waals surface area contributed by atoms with Crippen LogP contribution in [0.4, 0.5) is 17.5 Å². The van der Waals surface area contributed by atoms with Crippen molar-refractivity contribution in [3.63, 3.8) is 0 Å². The zero-order valence-corrected chi connectivity index (χ0v) is 12.9. The van der Waals surface area contributed by atoms with Gasteiger partial charge in [-0.05, 0) is 38.5 Å². The van der Waals surface area contributed by atoms with Gasteiger partial charge in [0.2, 0.25) is 5.95 Å². The fourth-order valence-electron chi connectivity index (χ4n) is 1.75. The Balaban J connectivity index is 2.30. The molecule has 100 valence electrons. The zero-order valence-electron chi connectivity index (χ0n) is 11.3. The number of halogens is 1. The molecule has 0 amide bonds. The lowest BCUT2D eigenvalue weighted by Crippen LogP contribution is -2.05. The highest BCUT2D eigenvalue weighted by Gasteiger charge is 2.05. The fourth-order valence-corrected chi connectivity index (χ4v) is 2.12. The molecule has 2 aromatic rings. The predicted molar refractivity (Wildman–Crippen MR) is 83.1 cm³/mol. The molecule has 0 radical (unpaired) electrons. The van der Waals surface area contributed by atoms with Gasteiger partial charge in [-0.3, -0.25) is 0 Å². The highest BCUT2D eigenvalue weighted by Crippen LogP contribution is 2.26. The lowest BCUT2D eigenvalue weighted by atomic mass is 10.2. The Morgan fingerprint density at radius 1 is 1.21 bits per heavy atom. The first-order chi connectivity index (χ1) is 9.10. The molecule has 0 unspecified atom stereocenters. The lowest BCUT2D eigenvalue weighted by molar-refractivity contribution is 1.05. The molecule has 1 heterocycles. The Morgan fingerprint density at radius 2 is 2.00 bits per heavy atom. The van der Waals surface area contributed by atoms with E-state index in [9.17, 15) is 0 Å². The van der Waals surface area contributed by atoms with Crippen molar-refractivity contribution in [3.8, 4) is 0 Å². The molecule has 0 aliphatic heterocycles. The van der Waals surface area contributed by atoms with Crippen LogP contribution in [-0.2, 0) is 0 Å². The van der Waals surface area contributed by atoms with Crippen LogP contribution in [0, 0.1) is 13.8 Å². The van der Waals surface area contributed by atoms with Crippen LogP contribution in [0.2, 0.25) is 0 Å². The Morgan fingerprint density at radius 3 is 2.74 bits per heavy atom. The van der Waals surface area contributed by atoms with Crippen LogP contribution < -0.4 is 10.6 Å². The van der Waals surface area contributed by atoms with Crippen LogP contribution in [0.25, 0.3) is 0 Å². The molecule has 2 rings (SSSR count). The summed E-state index contributed by atoms with van der Waals surface area (Å²) in [6.45, 7) is 6.85. The van der Waals surface area contributed by atoms with E-state index in [4.69, 9.17) is 0 Å². The largest absolute Gasteiger partial charge is 0.354 e. The molecule has 0 spiro atoms. The normalized spacial score (nSPS) is 10.3. The van der Waals surface area contributed by atoms with Gasteiger partial charge in [-0.1, -0.05) is 22.0 Å². The van der Waals surface area contributed by atoms with Crippen LogP contribution in [0.3, 0.4) is 0 Å². The fraction of sp³-hybridized carbons (Fsp3) is 0.286. The maximum absolute atomic E-state index is 4.44. The number of rotatable bonds is 4. The summed E-state index contributed by atoms with van der Waals surface area (Å²) in [6.07, 6.45) is 0. The van der Waals surface area contributed by atoms with Crippen molar-refractivity contribution in [1.82, 2.24) is 9.97 Å². The number of hydrogen-bond donors (Lipinski definition) is 2. The standard InChI is InChI=1S/C14H17BrN4/c1-4-16-14-17-9(2)8-13(19-14)18-12-7-5-6-11(15)10(12)3/h5-8H,4H2,1-3H3,(H2,16,17,18,19). The first-order valence-corrected chi connectivity index (χ1v) is 7.01. The van der Waals surface area contributed by atoms with Crippen molar-refractivity contribution < 1.29 is 0 Å². The summed E-state index contributed by atoms with van der Waals surface area (Å²) < 4.78 is 1.08. The molecule has 0 aliphatic carbocycles. The van der Waals surface area contributed by atoms with Crippen molar-refractivity contribution in [2.24, 2.45) is 0 Å². The summed E-state index contributed by atoms with van der Waals surface area (Å²) in [5.41, 5.74) is 3.12. The number of benzene rings is 1. The third-order valence-electron chi connectivity index (χ3n) is 2.72. The topological polar surface area (TPSA) is 49.8 Å². The summed E-state index contributed by atoms with van der Waals surface area (Å²) in [4.78, 5) is 8.77. The van der Waals surface area contributed by atoms with Crippen LogP contribution >= 0.6 is 15.9 Å². The average molecular weight is 321 g/mol. The highest BCUT2D eigenvalue weighted by molar-refractivity contribution is 9.10. The number of hydrogen-bond acceptors (Lipinski definition) is 4. The maximum Gasteiger partial charge on any atom is 0.224 e. The molecule has 0 saturated heterocycles. The van der Waals surface area contributed by atoms with E-state index in [2.05, 4.69) is 43.5 Å². The van der Waals surface area contributed by atoms with Gasteiger partial charge in [0.15, 0.2) is 0 Å². The summed E-state index contributed by atoms with van der Waals surface area (Å²) in [6, 6.07) is 7.99. The van der Waals surface area contributed by atoms with Crippen molar-refractivity contribution in [2.75, 3.05) is 17.2 Å². The van der Waals surface area contributed by atoms with Gasteiger partial charge in [-0.25, -0.2) is 4.98 Å². The molecule has 4 nitrogen and oxygen atoms in total. The maximum atomic E-state index is 4.44. The Bertz CT molecular complexity index is 584. The molecule has 0 aliphatic rings. The van der Waals surface area contributed by atoms with E-state index in [-0.39, 0.29) is 0 Å². The SMILES string of the molecule is CCNc1nc(C)cc(Nc2cccc(Br)c2C)n1. The highest BCUT2D eigenvalue weighted by atomic mass is 79.9. The second kappa shape index (κ2) is 6.02. The first-order valence-electron chi connectivity index (χ1n) is 6.22. The molecule has 1 aromatic heterocycles. The molecule has 0 atom stereocenters. The molecular formula is C14H17BrN4. The van der Waals surface area contributed by atoms with Crippen LogP contribution in [0.1, 0.15) is 18.2 Å². The minimum Gasteiger partial charge on any atom is -0.354 e. The lowest BCUT2D eigenvalue weighted by Gasteiger charge is -2.11. The van der Waals surface area contributed by atoms with E-state index in [0.29, 0.717) is 5.95 Å². The zero-order chi connectivity index (χ0) is 13.8. The van der Waals surface area contributed by atoms with Crippen LogP contribution in [-0.4, -0.2) is 16.5 Å². The van der Waals surface area contributed by atoms with Crippen LogP contribution in [0.5, 0.6) is 0 Å². The average Bonchev–Trinajstić information content (AvgIpc) is 2.35. The molecule has 0 bridgehead atoms. The quantitative estimate of drug-likeness (QED) is 0.892. The minimum atomic E-state index is 0.651. The van der Waals surface area contributed by atoms with Gasteiger partial charge < -0.3 is 10.6 Å². The van der Waals surface area contributed by atoms with Gasteiger partial charge in [0, 0.05) is 28.5 Å². The van der Waals surface area contributed by atoms with E-state index in [0.717, 1.165) is 33.8 Å². The third kappa shape index (κ3) is 3.44. The summed E-state index contributed by atoms with van der Waals surface area (Å²) >= 11 is 3.53. The molecule has 2 N–H and O–H groups in total. The van der Waals surface area contributed by atoms with Crippen molar-refractivity contribution in [3.05, 3.63) is 40.0 Å². The predicted octanol–water partition coefficient (Wildman–Crippen LogP) is 4.03. The number of nitrogens with zero attached hydrogens (tertiary/aromatic N) is 2. The van der Waals surface area contributed by atoms with E-state index in [1.165, 1.54) is 0 Å². The number of aryl methyl sites for hydroxylation is 1. The molecular weight excluding hydrogens is 304 g/mol. The number of nitrogens with one attached hydrogen (secondary N) is 2. The molecule has 19 heavy (non-hydrogen) atoms. The number of aromatic nitrogens is 2. The summed E-state index contributed by atoms with van der Waals surface area (Å²) in [7, 11) is 0. The van der Waals surface area contributed by atoms with Gasteiger partial charge in [0.05, 0.1) is 0 Å². The third-order valence-corrected chi connectivity index (χ3v) is 3.58. The van der Waals surface area contributed by atoms with E-state index >= 15 is 0 Å². The summed E-state index contributed by atoms with van der Waals surface area (Å²) in [5, 5.41) is 6.46. The van der Waals surface area contributed by atoms with E-state index in [1.807, 2.05) is 38.1 Å². The van der Waals surface area contributed by atoms with Gasteiger partial charge in [0.1, 0.15) is 5.82 Å². The van der Waals surface area contributed by atoms with Gasteiger partial charge in [0.25, 0.3) is 0 Å². The molecule has 5 heteroatoms. The molecule has 0 fully saturated rings. The Kier molecular flexibility index (Phi) is 4.37. The van der Waals surface area contributed by atoms with Gasteiger partial charge in [-0.2, -0.15) is 4.98 Å². The minimum absolute atomic E-state index is 0.651. The van der Waals surface area contributed by atoms with E-state index < -0.39 is 0 Å². The Hall–Kier alpha value is -1.62. The van der Waals surface area contributed by atoms with Crippen molar-refractivity contribution in [1.29, 1.82) is 0 Å². The summed E-state index contributed by atoms with van der Waals surface area (Å²) in [5.74, 6) is 1.45. The smallest absolute Gasteiger partial charge is 0.224 e. The second-order valence-corrected chi connectivity index (χ2v) is 5.14.